The predicted molar refractivity (Wildman–Crippen MR) is 50.8 cm³/mol. The summed E-state index contributed by atoms with van der Waals surface area (Å²) in [4.78, 5) is 16.2. The van der Waals surface area contributed by atoms with Crippen molar-refractivity contribution in [1.82, 2.24) is 9.88 Å². The maximum absolute atomic E-state index is 10.7. The number of fused-ring (bicyclic) bond motifs is 1. The average molecular weight is 193 g/mol. The molecule has 0 saturated heterocycles. The normalized spacial score (nSPS) is 15.0. The van der Waals surface area contributed by atoms with Gasteiger partial charge in [0.15, 0.2) is 0 Å². The van der Waals surface area contributed by atoms with Crippen LogP contribution < -0.4 is 5.73 Å². The van der Waals surface area contributed by atoms with Crippen molar-refractivity contribution in [2.75, 3.05) is 12.3 Å². The maximum Gasteiger partial charge on any atom is 0.407 e. The van der Waals surface area contributed by atoms with Gasteiger partial charge < -0.3 is 15.7 Å². The van der Waals surface area contributed by atoms with E-state index in [1.165, 1.54) is 4.90 Å². The molecule has 5 nitrogen and oxygen atoms in total. The van der Waals surface area contributed by atoms with Gasteiger partial charge >= 0.3 is 6.09 Å². The number of amides is 1. The summed E-state index contributed by atoms with van der Waals surface area (Å²) in [5, 5.41) is 8.79. The van der Waals surface area contributed by atoms with Gasteiger partial charge in [-0.05, 0) is 18.1 Å². The molecule has 1 aromatic rings. The fourth-order valence-electron chi connectivity index (χ4n) is 1.59. The summed E-state index contributed by atoms with van der Waals surface area (Å²) in [6.45, 7) is 0.887. The standard InChI is InChI=1S/C9H11N3O2/c10-7-3-6-1-2-12(9(13)14)5-8(6)11-4-7/h3-4H,1-2,5,10H2,(H,13,14). The van der Waals surface area contributed by atoms with Crippen molar-refractivity contribution >= 4 is 11.8 Å². The lowest BCUT2D eigenvalue weighted by Crippen LogP contribution is -2.35. The second-order valence-electron chi connectivity index (χ2n) is 3.33. The molecule has 0 spiro atoms. The van der Waals surface area contributed by atoms with Crippen LogP contribution in [-0.2, 0) is 13.0 Å². The number of hydrogen-bond acceptors (Lipinski definition) is 3. The lowest BCUT2D eigenvalue weighted by Gasteiger charge is -2.25. The van der Waals surface area contributed by atoms with Gasteiger partial charge in [0.05, 0.1) is 24.1 Å². The van der Waals surface area contributed by atoms with Crippen molar-refractivity contribution in [1.29, 1.82) is 0 Å². The van der Waals surface area contributed by atoms with Crippen molar-refractivity contribution in [2.24, 2.45) is 0 Å². The molecular formula is C9H11N3O2. The molecule has 0 atom stereocenters. The number of nitrogens with zero attached hydrogens (tertiary/aromatic N) is 2. The number of hydrogen-bond donors (Lipinski definition) is 2. The van der Waals surface area contributed by atoms with Crippen molar-refractivity contribution < 1.29 is 9.90 Å². The number of nitrogens with two attached hydrogens (primary N) is 1. The van der Waals surface area contributed by atoms with Crippen molar-refractivity contribution in [2.45, 2.75) is 13.0 Å². The van der Waals surface area contributed by atoms with Crippen LogP contribution in [0.1, 0.15) is 11.3 Å². The lowest BCUT2D eigenvalue weighted by molar-refractivity contribution is 0.139. The van der Waals surface area contributed by atoms with Gasteiger partial charge in [0.25, 0.3) is 0 Å². The van der Waals surface area contributed by atoms with E-state index in [0.717, 1.165) is 11.3 Å². The highest BCUT2D eigenvalue weighted by atomic mass is 16.4. The van der Waals surface area contributed by atoms with E-state index < -0.39 is 6.09 Å². The average Bonchev–Trinajstić information content (AvgIpc) is 2.16. The van der Waals surface area contributed by atoms with Crippen LogP contribution in [0.3, 0.4) is 0 Å². The maximum atomic E-state index is 10.7. The van der Waals surface area contributed by atoms with E-state index in [4.69, 9.17) is 10.8 Å². The molecule has 74 valence electrons. The zero-order valence-corrected chi connectivity index (χ0v) is 7.60. The van der Waals surface area contributed by atoms with E-state index in [1.54, 1.807) is 6.20 Å². The first-order valence-corrected chi connectivity index (χ1v) is 4.38. The first kappa shape index (κ1) is 8.80. The smallest absolute Gasteiger partial charge is 0.407 e. The fourth-order valence-corrected chi connectivity index (χ4v) is 1.59. The molecule has 1 aliphatic rings. The molecule has 14 heavy (non-hydrogen) atoms. The number of anilines is 1. The Labute approximate surface area is 81.2 Å². The van der Waals surface area contributed by atoms with Gasteiger partial charge in [-0.3, -0.25) is 4.98 Å². The minimum absolute atomic E-state index is 0.366. The largest absolute Gasteiger partial charge is 0.465 e. The third-order valence-corrected chi connectivity index (χ3v) is 2.34. The summed E-state index contributed by atoms with van der Waals surface area (Å²) in [5.41, 5.74) is 8.09. The zero-order valence-electron chi connectivity index (χ0n) is 7.60. The molecule has 0 fully saturated rings. The Morgan fingerprint density at radius 1 is 1.64 bits per heavy atom. The first-order chi connectivity index (χ1) is 6.66. The number of pyridine rings is 1. The summed E-state index contributed by atoms with van der Waals surface area (Å²) in [6.07, 6.45) is 1.36. The Morgan fingerprint density at radius 3 is 3.14 bits per heavy atom. The molecule has 1 amide bonds. The monoisotopic (exact) mass is 193 g/mol. The van der Waals surface area contributed by atoms with Crippen LogP contribution in [0.2, 0.25) is 0 Å². The number of nitrogen functional groups attached to an aromatic ring is 1. The molecule has 2 heterocycles. The van der Waals surface area contributed by atoms with Crippen LogP contribution in [0.15, 0.2) is 12.3 Å². The van der Waals surface area contributed by atoms with Gasteiger partial charge in [0.1, 0.15) is 0 Å². The molecular weight excluding hydrogens is 182 g/mol. The lowest BCUT2D eigenvalue weighted by atomic mass is 10.1. The number of carbonyl (C=O) groups is 1. The van der Waals surface area contributed by atoms with E-state index >= 15 is 0 Å². The minimum Gasteiger partial charge on any atom is -0.465 e. The second-order valence-corrected chi connectivity index (χ2v) is 3.33. The van der Waals surface area contributed by atoms with Crippen LogP contribution in [0.25, 0.3) is 0 Å². The summed E-state index contributed by atoms with van der Waals surface area (Å²) in [7, 11) is 0. The molecule has 0 bridgehead atoms. The van der Waals surface area contributed by atoms with Crippen molar-refractivity contribution in [3.05, 3.63) is 23.5 Å². The Bertz CT molecular complexity index is 378. The van der Waals surface area contributed by atoms with Gasteiger partial charge in [-0.25, -0.2) is 4.79 Å². The highest BCUT2D eigenvalue weighted by Crippen LogP contribution is 2.18. The molecule has 0 aliphatic carbocycles. The van der Waals surface area contributed by atoms with Gasteiger partial charge in [-0.2, -0.15) is 0 Å². The van der Waals surface area contributed by atoms with E-state index in [-0.39, 0.29) is 0 Å². The van der Waals surface area contributed by atoms with Crippen LogP contribution >= 0.6 is 0 Å². The molecule has 5 heteroatoms. The Hall–Kier alpha value is -1.78. The van der Waals surface area contributed by atoms with Gasteiger partial charge in [-0.1, -0.05) is 0 Å². The topological polar surface area (TPSA) is 79.5 Å². The molecule has 0 unspecified atom stereocenters. The van der Waals surface area contributed by atoms with E-state index in [9.17, 15) is 4.79 Å². The SMILES string of the molecule is Nc1cnc2c(c1)CCN(C(=O)O)C2. The van der Waals surface area contributed by atoms with Crippen molar-refractivity contribution in [3.63, 3.8) is 0 Å². The Morgan fingerprint density at radius 2 is 2.43 bits per heavy atom. The van der Waals surface area contributed by atoms with Gasteiger partial charge in [0, 0.05) is 6.54 Å². The molecule has 1 aromatic heterocycles. The fraction of sp³-hybridized carbons (Fsp3) is 0.333. The predicted octanol–water partition coefficient (Wildman–Crippen LogP) is 0.700. The highest BCUT2D eigenvalue weighted by molar-refractivity contribution is 5.65. The Kier molecular flexibility index (Phi) is 1.99. The van der Waals surface area contributed by atoms with Gasteiger partial charge in [0.2, 0.25) is 0 Å². The van der Waals surface area contributed by atoms with Gasteiger partial charge in [-0.15, -0.1) is 0 Å². The van der Waals surface area contributed by atoms with E-state index in [0.29, 0.717) is 25.2 Å². The molecule has 0 saturated carbocycles. The molecule has 0 aromatic carbocycles. The molecule has 0 radical (unpaired) electrons. The quantitative estimate of drug-likeness (QED) is 0.635. The van der Waals surface area contributed by atoms with Crippen LogP contribution in [-0.4, -0.2) is 27.6 Å². The number of rotatable bonds is 0. The zero-order chi connectivity index (χ0) is 10.1. The number of aromatic nitrogens is 1. The Balaban J connectivity index is 2.27. The molecule has 1 aliphatic heterocycles. The summed E-state index contributed by atoms with van der Waals surface area (Å²) >= 11 is 0. The highest BCUT2D eigenvalue weighted by Gasteiger charge is 2.20. The summed E-state index contributed by atoms with van der Waals surface area (Å²) in [5.74, 6) is 0. The third-order valence-electron chi connectivity index (χ3n) is 2.34. The molecule has 2 rings (SSSR count). The van der Waals surface area contributed by atoms with Crippen molar-refractivity contribution in [3.8, 4) is 0 Å². The number of carboxylic acid groups (broad SMARTS) is 1. The van der Waals surface area contributed by atoms with Crippen LogP contribution in [0.4, 0.5) is 10.5 Å². The first-order valence-electron chi connectivity index (χ1n) is 4.38. The van der Waals surface area contributed by atoms with E-state index in [1.807, 2.05) is 6.07 Å². The second kappa shape index (κ2) is 3.17. The summed E-state index contributed by atoms with van der Waals surface area (Å²) < 4.78 is 0. The summed E-state index contributed by atoms with van der Waals surface area (Å²) in [6, 6.07) is 1.86. The van der Waals surface area contributed by atoms with Crippen LogP contribution in [0, 0.1) is 0 Å². The minimum atomic E-state index is -0.894. The van der Waals surface area contributed by atoms with E-state index in [2.05, 4.69) is 4.98 Å². The molecule has 3 N–H and O–H groups in total. The third kappa shape index (κ3) is 1.48. The van der Waals surface area contributed by atoms with Crippen LogP contribution in [0.5, 0.6) is 0 Å².